The van der Waals surface area contributed by atoms with Gasteiger partial charge < -0.3 is 5.11 Å². The third kappa shape index (κ3) is 2.61. The van der Waals surface area contributed by atoms with Gasteiger partial charge in [0, 0.05) is 11.8 Å². The number of carboxylic acid groups (broad SMARTS) is 1. The first-order chi connectivity index (χ1) is 9.81. The van der Waals surface area contributed by atoms with Gasteiger partial charge in [-0.05, 0) is 19.1 Å². The van der Waals surface area contributed by atoms with Crippen molar-refractivity contribution in [3.05, 3.63) is 61.8 Å². The Balaban J connectivity index is 2.76. The highest BCUT2D eigenvalue weighted by Crippen LogP contribution is 2.23. The Morgan fingerprint density at radius 2 is 2.14 bits per heavy atom. The molecule has 0 bridgehead atoms. The molecule has 0 saturated heterocycles. The van der Waals surface area contributed by atoms with Crippen molar-refractivity contribution in [2.75, 3.05) is 0 Å². The molecule has 8 nitrogen and oxygen atoms in total. The Morgan fingerprint density at radius 1 is 1.48 bits per heavy atom. The molecule has 21 heavy (non-hydrogen) atoms. The van der Waals surface area contributed by atoms with Crippen LogP contribution in [-0.2, 0) is 0 Å². The van der Waals surface area contributed by atoms with Crippen LogP contribution in [0.15, 0.2) is 29.2 Å². The standard InChI is InChI=1S/C12H8FN3O5/c1-6-5-15(14-10(11(6)17)12(18)19)8-3-2-7(13)4-9(8)16(20)21/h2-5H,1H3,(H,18,19). The number of aromatic nitrogens is 2. The summed E-state index contributed by atoms with van der Waals surface area (Å²) < 4.78 is 14.0. The molecule has 1 aromatic heterocycles. The van der Waals surface area contributed by atoms with E-state index in [0.29, 0.717) is 6.07 Å². The van der Waals surface area contributed by atoms with Crippen molar-refractivity contribution < 1.29 is 19.2 Å². The number of nitro groups is 1. The molecule has 0 amide bonds. The van der Waals surface area contributed by atoms with Gasteiger partial charge in [-0.3, -0.25) is 14.9 Å². The number of rotatable bonds is 3. The van der Waals surface area contributed by atoms with E-state index in [1.807, 2.05) is 0 Å². The third-order valence-electron chi connectivity index (χ3n) is 2.68. The number of hydrogen-bond acceptors (Lipinski definition) is 5. The second kappa shape index (κ2) is 5.12. The molecule has 108 valence electrons. The van der Waals surface area contributed by atoms with E-state index >= 15 is 0 Å². The fourth-order valence-corrected chi connectivity index (χ4v) is 1.71. The lowest BCUT2D eigenvalue weighted by atomic mass is 10.2. The van der Waals surface area contributed by atoms with E-state index in [1.165, 1.54) is 6.92 Å². The molecule has 0 radical (unpaired) electrons. The molecule has 0 atom stereocenters. The molecule has 0 aliphatic rings. The summed E-state index contributed by atoms with van der Waals surface area (Å²) in [6, 6.07) is 2.73. The molecule has 0 aliphatic heterocycles. The SMILES string of the molecule is Cc1cn(-c2ccc(F)cc2[N+](=O)[O-])nc(C(=O)O)c1=O. The zero-order valence-electron chi connectivity index (χ0n) is 10.6. The minimum Gasteiger partial charge on any atom is -0.476 e. The smallest absolute Gasteiger partial charge is 0.360 e. The highest BCUT2D eigenvalue weighted by molar-refractivity contribution is 5.85. The molecule has 1 N–H and O–H groups in total. The predicted octanol–water partition coefficient (Wildman–Crippen LogP) is 1.29. The Kier molecular flexibility index (Phi) is 3.49. The third-order valence-corrected chi connectivity index (χ3v) is 2.68. The van der Waals surface area contributed by atoms with Gasteiger partial charge in [-0.25, -0.2) is 13.9 Å². The highest BCUT2D eigenvalue weighted by Gasteiger charge is 2.20. The molecule has 0 saturated carbocycles. The molecule has 2 aromatic rings. The molecule has 0 fully saturated rings. The Bertz CT molecular complexity index is 815. The fourth-order valence-electron chi connectivity index (χ4n) is 1.71. The van der Waals surface area contributed by atoms with Gasteiger partial charge in [-0.1, -0.05) is 0 Å². The zero-order valence-corrected chi connectivity index (χ0v) is 10.6. The molecule has 0 spiro atoms. The van der Waals surface area contributed by atoms with Gasteiger partial charge in [0.25, 0.3) is 5.69 Å². The highest BCUT2D eigenvalue weighted by atomic mass is 19.1. The van der Waals surface area contributed by atoms with Crippen molar-refractivity contribution in [3.8, 4) is 5.69 Å². The van der Waals surface area contributed by atoms with Crippen LogP contribution in [-0.4, -0.2) is 25.8 Å². The van der Waals surface area contributed by atoms with Crippen LogP contribution in [0.25, 0.3) is 5.69 Å². The van der Waals surface area contributed by atoms with Gasteiger partial charge in [-0.15, -0.1) is 0 Å². The van der Waals surface area contributed by atoms with E-state index in [4.69, 9.17) is 5.11 Å². The van der Waals surface area contributed by atoms with Crippen LogP contribution in [0.5, 0.6) is 0 Å². The van der Waals surface area contributed by atoms with Crippen LogP contribution in [0.4, 0.5) is 10.1 Å². The predicted molar refractivity (Wildman–Crippen MR) is 68.1 cm³/mol. The van der Waals surface area contributed by atoms with Crippen molar-refractivity contribution in [2.24, 2.45) is 0 Å². The van der Waals surface area contributed by atoms with Crippen molar-refractivity contribution in [1.29, 1.82) is 0 Å². The molecular formula is C12H8FN3O5. The summed E-state index contributed by atoms with van der Waals surface area (Å²) in [6.07, 6.45) is 1.15. The monoisotopic (exact) mass is 293 g/mol. The van der Waals surface area contributed by atoms with E-state index in [-0.39, 0.29) is 11.3 Å². The van der Waals surface area contributed by atoms with E-state index < -0.39 is 33.5 Å². The largest absolute Gasteiger partial charge is 0.476 e. The van der Waals surface area contributed by atoms with Crippen molar-refractivity contribution in [2.45, 2.75) is 6.92 Å². The average Bonchev–Trinajstić information content (AvgIpc) is 2.41. The Labute approximate surface area is 116 Å². The minimum atomic E-state index is -1.55. The first-order valence-corrected chi connectivity index (χ1v) is 5.59. The summed E-state index contributed by atoms with van der Waals surface area (Å²) in [4.78, 5) is 32.7. The summed E-state index contributed by atoms with van der Waals surface area (Å²) in [6.45, 7) is 1.35. The molecule has 0 aliphatic carbocycles. The maximum Gasteiger partial charge on any atom is 0.360 e. The normalized spacial score (nSPS) is 10.4. The maximum atomic E-state index is 13.1. The number of aryl methyl sites for hydroxylation is 1. The first-order valence-electron chi connectivity index (χ1n) is 5.59. The van der Waals surface area contributed by atoms with Crippen LogP contribution in [0.2, 0.25) is 0 Å². The lowest BCUT2D eigenvalue weighted by Crippen LogP contribution is -2.23. The number of aromatic carboxylic acids is 1. The Morgan fingerprint density at radius 3 is 2.71 bits per heavy atom. The zero-order chi connectivity index (χ0) is 15.7. The molecular weight excluding hydrogens is 285 g/mol. The summed E-state index contributed by atoms with van der Waals surface area (Å²) in [5.41, 5.74) is -2.26. The van der Waals surface area contributed by atoms with Gasteiger partial charge in [0.2, 0.25) is 11.1 Å². The van der Waals surface area contributed by atoms with Gasteiger partial charge >= 0.3 is 5.97 Å². The van der Waals surface area contributed by atoms with E-state index in [1.54, 1.807) is 0 Å². The van der Waals surface area contributed by atoms with Crippen LogP contribution in [0.3, 0.4) is 0 Å². The number of carboxylic acids is 1. The summed E-state index contributed by atoms with van der Waals surface area (Å²) >= 11 is 0. The topological polar surface area (TPSA) is 115 Å². The molecule has 1 heterocycles. The van der Waals surface area contributed by atoms with Gasteiger partial charge in [0.15, 0.2) is 0 Å². The lowest BCUT2D eigenvalue weighted by Gasteiger charge is -2.08. The minimum absolute atomic E-state index is 0.0426. The van der Waals surface area contributed by atoms with Crippen molar-refractivity contribution in [3.63, 3.8) is 0 Å². The van der Waals surface area contributed by atoms with Gasteiger partial charge in [0.1, 0.15) is 11.5 Å². The maximum absolute atomic E-state index is 13.1. The number of nitro benzene ring substituents is 1. The fraction of sp³-hybridized carbons (Fsp3) is 0.0833. The molecule has 1 aromatic carbocycles. The summed E-state index contributed by atoms with van der Waals surface area (Å²) in [5.74, 6) is -2.37. The lowest BCUT2D eigenvalue weighted by molar-refractivity contribution is -0.384. The number of benzene rings is 1. The van der Waals surface area contributed by atoms with Crippen LogP contribution < -0.4 is 5.43 Å². The van der Waals surface area contributed by atoms with E-state index in [0.717, 1.165) is 23.0 Å². The van der Waals surface area contributed by atoms with Crippen LogP contribution >= 0.6 is 0 Å². The number of halogens is 1. The summed E-state index contributed by atoms with van der Waals surface area (Å²) in [7, 11) is 0. The van der Waals surface area contributed by atoms with Crippen molar-refractivity contribution in [1.82, 2.24) is 9.78 Å². The summed E-state index contributed by atoms with van der Waals surface area (Å²) in [5, 5.41) is 23.4. The number of carbonyl (C=O) groups is 1. The second-order valence-corrected chi connectivity index (χ2v) is 4.13. The van der Waals surface area contributed by atoms with E-state index in [9.17, 15) is 24.1 Å². The van der Waals surface area contributed by atoms with Crippen LogP contribution in [0.1, 0.15) is 16.1 Å². The van der Waals surface area contributed by atoms with Crippen molar-refractivity contribution >= 4 is 11.7 Å². The van der Waals surface area contributed by atoms with Gasteiger partial charge in [-0.2, -0.15) is 5.10 Å². The molecule has 9 heteroatoms. The number of nitrogens with zero attached hydrogens (tertiary/aromatic N) is 3. The Hall–Kier alpha value is -3.10. The van der Waals surface area contributed by atoms with Gasteiger partial charge in [0.05, 0.1) is 11.0 Å². The first kappa shape index (κ1) is 14.3. The number of hydrogen-bond donors (Lipinski definition) is 1. The quantitative estimate of drug-likeness (QED) is 0.673. The average molecular weight is 293 g/mol. The molecule has 0 unspecified atom stereocenters. The van der Waals surface area contributed by atoms with E-state index in [2.05, 4.69) is 5.10 Å². The second-order valence-electron chi connectivity index (χ2n) is 4.13. The molecule has 2 rings (SSSR count). The van der Waals surface area contributed by atoms with Crippen LogP contribution in [0, 0.1) is 22.9 Å².